The molecule has 3 aliphatic rings. The molecule has 4 heterocycles. The van der Waals surface area contributed by atoms with Gasteiger partial charge in [0.15, 0.2) is 0 Å². The van der Waals surface area contributed by atoms with E-state index in [1.807, 2.05) is 4.90 Å². The summed E-state index contributed by atoms with van der Waals surface area (Å²) in [6, 6.07) is -0.398. The highest BCUT2D eigenvalue weighted by molar-refractivity contribution is 7.87. The first-order chi connectivity index (χ1) is 13.2. The van der Waals surface area contributed by atoms with Crippen molar-refractivity contribution in [2.45, 2.75) is 75.2 Å². The van der Waals surface area contributed by atoms with Crippen LogP contribution in [0.3, 0.4) is 0 Å². The van der Waals surface area contributed by atoms with E-state index in [1.54, 1.807) is 20.8 Å². The summed E-state index contributed by atoms with van der Waals surface area (Å²) >= 11 is 0. The number of aryl methyl sites for hydroxylation is 1. The average molecular weight is 437 g/mol. The number of esters is 1. The van der Waals surface area contributed by atoms with Gasteiger partial charge < -0.3 is 8.92 Å². The van der Waals surface area contributed by atoms with Crippen molar-refractivity contribution in [3.63, 3.8) is 0 Å². The van der Waals surface area contributed by atoms with Crippen LogP contribution in [0.4, 0.5) is 13.2 Å². The minimum absolute atomic E-state index is 0.117. The van der Waals surface area contributed by atoms with Crippen LogP contribution >= 0.6 is 0 Å². The van der Waals surface area contributed by atoms with Gasteiger partial charge in [0.2, 0.25) is 5.88 Å². The minimum Gasteiger partial charge on any atom is -0.459 e. The number of hydrogen-bond acceptors (Lipinski definition) is 7. The SMILES string of the molecule is Cn1nc2c(c1OS(=O)(=O)C(F)(F)F)CC1CCC3(C(=O)OC(C)(C)C)C[C@@H]2N13. The van der Waals surface area contributed by atoms with Crippen molar-refractivity contribution in [1.82, 2.24) is 14.7 Å². The summed E-state index contributed by atoms with van der Waals surface area (Å²) in [5.74, 6) is -0.724. The second-order valence-corrected chi connectivity index (χ2v) is 10.4. The molecule has 1 aromatic heterocycles. The minimum atomic E-state index is -5.80. The van der Waals surface area contributed by atoms with Crippen LogP contribution in [0, 0.1) is 0 Å². The second-order valence-electron chi connectivity index (χ2n) is 8.83. The first kappa shape index (κ1) is 20.5. The van der Waals surface area contributed by atoms with Gasteiger partial charge in [-0.1, -0.05) is 0 Å². The Labute approximate surface area is 166 Å². The smallest absolute Gasteiger partial charge is 0.459 e. The average Bonchev–Trinajstić information content (AvgIpc) is 2.98. The van der Waals surface area contributed by atoms with Crippen molar-refractivity contribution in [2.24, 2.45) is 7.05 Å². The summed E-state index contributed by atoms with van der Waals surface area (Å²) in [6.45, 7) is 5.38. The van der Waals surface area contributed by atoms with E-state index in [0.717, 1.165) is 4.68 Å². The number of carbonyl (C=O) groups excluding carboxylic acids is 1. The summed E-state index contributed by atoms with van der Waals surface area (Å²) in [5, 5.41) is 4.23. The van der Waals surface area contributed by atoms with Crippen molar-refractivity contribution < 1.29 is 35.3 Å². The highest BCUT2D eigenvalue weighted by Gasteiger charge is 2.67. The van der Waals surface area contributed by atoms with Crippen LogP contribution in [0.25, 0.3) is 0 Å². The van der Waals surface area contributed by atoms with Crippen LogP contribution in [0.1, 0.15) is 57.3 Å². The molecule has 0 N–H and O–H groups in total. The van der Waals surface area contributed by atoms with Gasteiger partial charge in [-0.3, -0.25) is 9.69 Å². The van der Waals surface area contributed by atoms with Crippen molar-refractivity contribution in [3.8, 4) is 5.88 Å². The lowest BCUT2D eigenvalue weighted by molar-refractivity contribution is -0.187. The molecule has 162 valence electrons. The first-order valence-corrected chi connectivity index (χ1v) is 10.7. The molecular formula is C17H22F3N3O5S. The molecule has 0 radical (unpaired) electrons. The Morgan fingerprint density at radius 3 is 2.52 bits per heavy atom. The Balaban J connectivity index is 1.65. The summed E-state index contributed by atoms with van der Waals surface area (Å²) in [7, 11) is -4.46. The molecule has 0 spiro atoms. The molecule has 0 bridgehead atoms. The van der Waals surface area contributed by atoms with Gasteiger partial charge in [0.25, 0.3) is 0 Å². The van der Waals surface area contributed by atoms with Crippen molar-refractivity contribution in [1.29, 1.82) is 0 Å². The molecule has 0 saturated carbocycles. The molecule has 0 aliphatic carbocycles. The predicted molar refractivity (Wildman–Crippen MR) is 93.3 cm³/mol. The number of fused-ring (bicyclic) bond motifs is 2. The van der Waals surface area contributed by atoms with E-state index in [9.17, 15) is 26.4 Å². The third-order valence-electron chi connectivity index (χ3n) is 5.77. The molecule has 2 saturated heterocycles. The van der Waals surface area contributed by atoms with E-state index in [0.29, 0.717) is 30.5 Å². The van der Waals surface area contributed by atoms with E-state index in [-0.39, 0.29) is 24.5 Å². The number of aromatic nitrogens is 2. The lowest BCUT2D eigenvalue weighted by Crippen LogP contribution is -2.67. The largest absolute Gasteiger partial charge is 0.534 e. The van der Waals surface area contributed by atoms with E-state index in [4.69, 9.17) is 4.74 Å². The van der Waals surface area contributed by atoms with Gasteiger partial charge in [-0.25, -0.2) is 4.68 Å². The molecule has 29 heavy (non-hydrogen) atoms. The number of ether oxygens (including phenoxy) is 1. The Hall–Kier alpha value is -1.82. The van der Waals surface area contributed by atoms with Gasteiger partial charge in [-0.05, 0) is 46.5 Å². The van der Waals surface area contributed by atoms with Gasteiger partial charge in [-0.15, -0.1) is 0 Å². The fourth-order valence-corrected chi connectivity index (χ4v) is 5.22. The van der Waals surface area contributed by atoms with Crippen LogP contribution in [0.15, 0.2) is 0 Å². The first-order valence-electron chi connectivity index (χ1n) is 9.25. The maximum Gasteiger partial charge on any atom is 0.534 e. The van der Waals surface area contributed by atoms with Crippen molar-refractivity contribution in [3.05, 3.63) is 11.3 Å². The normalized spacial score (nSPS) is 29.1. The number of alkyl halides is 3. The molecule has 1 aromatic rings. The molecule has 3 aliphatic heterocycles. The van der Waals surface area contributed by atoms with E-state index in [2.05, 4.69) is 9.28 Å². The molecule has 4 rings (SSSR count). The molecule has 8 nitrogen and oxygen atoms in total. The van der Waals surface area contributed by atoms with Crippen LogP contribution < -0.4 is 4.18 Å². The third-order valence-corrected chi connectivity index (χ3v) is 6.72. The summed E-state index contributed by atoms with van der Waals surface area (Å²) in [6.07, 6.45) is 1.91. The quantitative estimate of drug-likeness (QED) is 0.407. The topological polar surface area (TPSA) is 90.7 Å². The fourth-order valence-electron chi connectivity index (χ4n) is 4.70. The van der Waals surface area contributed by atoms with Gasteiger partial charge in [0, 0.05) is 18.7 Å². The summed E-state index contributed by atoms with van der Waals surface area (Å²) in [4.78, 5) is 14.9. The van der Waals surface area contributed by atoms with Crippen LogP contribution in [0.2, 0.25) is 0 Å². The van der Waals surface area contributed by atoms with E-state index in [1.165, 1.54) is 7.05 Å². The maximum absolute atomic E-state index is 12.8. The number of halogens is 3. The highest BCUT2D eigenvalue weighted by atomic mass is 32.2. The number of nitrogens with zero attached hydrogens (tertiary/aromatic N) is 3. The van der Waals surface area contributed by atoms with Crippen molar-refractivity contribution >= 4 is 16.1 Å². The van der Waals surface area contributed by atoms with Gasteiger partial charge in [0.1, 0.15) is 11.1 Å². The molecule has 0 aromatic carbocycles. The number of carbonyl (C=O) groups is 1. The second kappa shape index (κ2) is 5.87. The fraction of sp³-hybridized carbons (Fsp3) is 0.765. The van der Waals surface area contributed by atoms with Crippen LogP contribution in [0.5, 0.6) is 5.88 Å². The molecule has 2 fully saturated rings. The zero-order valence-corrected chi connectivity index (χ0v) is 17.2. The lowest BCUT2D eigenvalue weighted by atomic mass is 9.74. The van der Waals surface area contributed by atoms with Crippen LogP contribution in [-0.2, 0) is 33.1 Å². The number of hydrogen-bond donors (Lipinski definition) is 0. The van der Waals surface area contributed by atoms with E-state index < -0.39 is 32.6 Å². The predicted octanol–water partition coefficient (Wildman–Crippen LogP) is 2.19. The standard InChI is InChI=1S/C17H22F3N3O5S/c1-15(2,3)27-14(24)16-6-5-9-7-10-12(11(8-16)23(9)16)21-22(4)13(10)28-29(25,26)17(18,19)20/h9,11H,5-8H2,1-4H3/t9?,11-,16?/m0/s1. The highest BCUT2D eigenvalue weighted by Crippen LogP contribution is 2.60. The van der Waals surface area contributed by atoms with Crippen molar-refractivity contribution in [2.75, 3.05) is 0 Å². The Kier molecular flexibility index (Phi) is 4.14. The molecule has 0 amide bonds. The lowest BCUT2D eigenvalue weighted by Gasteiger charge is -2.56. The van der Waals surface area contributed by atoms with Gasteiger partial charge in [0.05, 0.1) is 11.7 Å². The maximum atomic E-state index is 12.8. The Morgan fingerprint density at radius 1 is 1.28 bits per heavy atom. The Bertz CT molecular complexity index is 982. The molecule has 12 heteroatoms. The molecule has 2 unspecified atom stereocenters. The van der Waals surface area contributed by atoms with E-state index >= 15 is 0 Å². The number of rotatable bonds is 3. The monoisotopic (exact) mass is 437 g/mol. The van der Waals surface area contributed by atoms with Gasteiger partial charge in [-0.2, -0.15) is 26.7 Å². The zero-order chi connectivity index (χ0) is 21.6. The molecule has 3 atom stereocenters. The third kappa shape index (κ3) is 2.94. The van der Waals surface area contributed by atoms with Crippen LogP contribution in [-0.4, -0.2) is 51.8 Å². The zero-order valence-electron chi connectivity index (χ0n) is 16.4. The summed E-state index contributed by atoms with van der Waals surface area (Å²) in [5.41, 5.74) is -6.10. The van der Waals surface area contributed by atoms with Gasteiger partial charge >= 0.3 is 21.6 Å². The Morgan fingerprint density at radius 2 is 1.93 bits per heavy atom. The molecular weight excluding hydrogens is 415 g/mol. The summed E-state index contributed by atoms with van der Waals surface area (Å²) < 4.78 is 72.3.